The molecule has 0 aliphatic rings. The molecule has 0 saturated heterocycles. The Hall–Kier alpha value is -2.55. The molecular weight excluding hydrogens is 255 g/mol. The molecule has 0 radical (unpaired) electrons. The van der Waals surface area contributed by atoms with E-state index in [1.54, 1.807) is 6.07 Å². The molecule has 0 amide bonds. The Bertz CT molecular complexity index is 533. The molecule has 0 aliphatic carbocycles. The first-order chi connectivity index (χ1) is 8.95. The molecule has 0 spiro atoms. The quantitative estimate of drug-likeness (QED) is 0.795. The number of halogens is 3. The van der Waals surface area contributed by atoms with E-state index >= 15 is 0 Å². The van der Waals surface area contributed by atoms with Crippen LogP contribution in [0.1, 0.15) is 11.3 Å². The molecule has 3 nitrogen and oxygen atoms in total. The van der Waals surface area contributed by atoms with Gasteiger partial charge in [0.1, 0.15) is 17.6 Å². The molecule has 0 atom stereocenters. The second kappa shape index (κ2) is 6.40. The van der Waals surface area contributed by atoms with Crippen molar-refractivity contribution >= 4 is 5.82 Å². The van der Waals surface area contributed by atoms with Crippen LogP contribution in [0.15, 0.2) is 48.5 Å². The number of hydrogen-bond donors (Lipinski definition) is 1. The molecule has 0 fully saturated rings. The minimum atomic E-state index is -4.53. The first kappa shape index (κ1) is 14.5. The summed E-state index contributed by atoms with van der Waals surface area (Å²) in [6.45, 7) is 0. The lowest BCUT2D eigenvalue weighted by atomic mass is 10.2. The molecule has 1 aromatic carbocycles. The highest BCUT2D eigenvalue weighted by molar-refractivity contribution is 5.48. The molecule has 0 unspecified atom stereocenters. The Morgan fingerprint density at radius 1 is 1.00 bits per heavy atom. The molecule has 2 aromatic rings. The first-order valence-corrected chi connectivity index (χ1v) is 5.19. The maximum Gasteiger partial charge on any atom is 0.433 e. The molecule has 98 valence electrons. The van der Waals surface area contributed by atoms with Gasteiger partial charge in [-0.25, -0.2) is 4.98 Å². The van der Waals surface area contributed by atoms with Crippen LogP contribution in [-0.2, 0) is 6.18 Å². The molecule has 0 aliphatic heterocycles. The maximum atomic E-state index is 12.0. The van der Waals surface area contributed by atoms with Gasteiger partial charge in [-0.1, -0.05) is 36.4 Å². The van der Waals surface area contributed by atoms with Gasteiger partial charge in [-0.05, 0) is 12.1 Å². The molecule has 0 bridgehead atoms. The molecule has 1 aromatic heterocycles. The van der Waals surface area contributed by atoms with Crippen molar-refractivity contribution in [3.8, 4) is 6.07 Å². The number of aromatic nitrogens is 1. The number of nitriles is 1. The van der Waals surface area contributed by atoms with E-state index < -0.39 is 17.7 Å². The van der Waals surface area contributed by atoms with Crippen molar-refractivity contribution in [1.29, 1.82) is 5.26 Å². The van der Waals surface area contributed by atoms with Gasteiger partial charge in [-0.3, -0.25) is 0 Å². The van der Waals surface area contributed by atoms with Gasteiger partial charge < -0.3 is 5.73 Å². The Labute approximate surface area is 108 Å². The van der Waals surface area contributed by atoms with Crippen molar-refractivity contribution in [1.82, 2.24) is 4.98 Å². The third-order valence-electron chi connectivity index (χ3n) is 2.00. The Kier molecular flexibility index (Phi) is 4.89. The smallest absolute Gasteiger partial charge is 0.383 e. The zero-order valence-corrected chi connectivity index (χ0v) is 9.72. The number of anilines is 1. The predicted molar refractivity (Wildman–Crippen MR) is 64.8 cm³/mol. The number of nitrogens with zero attached hydrogens (tertiary/aromatic N) is 2. The van der Waals surface area contributed by atoms with Crippen molar-refractivity contribution in [3.63, 3.8) is 0 Å². The second-order valence-electron chi connectivity index (χ2n) is 3.39. The number of nitrogens with two attached hydrogens (primary N) is 1. The SMILES string of the molecule is N#Cc1ccc(C(F)(F)F)nc1N.c1ccccc1. The minimum Gasteiger partial charge on any atom is -0.383 e. The summed E-state index contributed by atoms with van der Waals surface area (Å²) in [4.78, 5) is 3.05. The number of benzene rings is 1. The fourth-order valence-electron chi connectivity index (χ4n) is 1.11. The van der Waals surface area contributed by atoms with Crippen molar-refractivity contribution < 1.29 is 13.2 Å². The fourth-order valence-corrected chi connectivity index (χ4v) is 1.11. The van der Waals surface area contributed by atoms with Crippen LogP contribution in [0.5, 0.6) is 0 Å². The summed E-state index contributed by atoms with van der Waals surface area (Å²) in [7, 11) is 0. The second-order valence-corrected chi connectivity index (χ2v) is 3.39. The molecule has 6 heteroatoms. The predicted octanol–water partition coefficient (Wildman–Crippen LogP) is 3.24. The average Bonchev–Trinajstić information content (AvgIpc) is 2.40. The van der Waals surface area contributed by atoms with Gasteiger partial charge in [0.15, 0.2) is 0 Å². The Morgan fingerprint density at radius 3 is 1.79 bits per heavy atom. The molecular formula is C13H10F3N3. The van der Waals surface area contributed by atoms with Crippen molar-refractivity contribution in [2.45, 2.75) is 6.18 Å². The monoisotopic (exact) mass is 265 g/mol. The minimum absolute atomic E-state index is 0.0620. The van der Waals surface area contributed by atoms with E-state index in [-0.39, 0.29) is 5.56 Å². The van der Waals surface area contributed by atoms with E-state index in [2.05, 4.69) is 4.98 Å². The summed E-state index contributed by atoms with van der Waals surface area (Å²) in [6, 6.07) is 15.3. The van der Waals surface area contributed by atoms with Gasteiger partial charge in [0.05, 0.1) is 5.56 Å². The van der Waals surface area contributed by atoms with Gasteiger partial charge in [0.25, 0.3) is 0 Å². The molecule has 19 heavy (non-hydrogen) atoms. The largest absolute Gasteiger partial charge is 0.433 e. The number of hydrogen-bond acceptors (Lipinski definition) is 3. The lowest BCUT2D eigenvalue weighted by molar-refractivity contribution is -0.141. The van der Waals surface area contributed by atoms with E-state index in [0.29, 0.717) is 0 Å². The molecule has 2 rings (SSSR count). The normalized spacial score (nSPS) is 10.0. The molecule has 1 heterocycles. The Balaban J connectivity index is 0.000000250. The van der Waals surface area contributed by atoms with E-state index in [1.165, 1.54) is 0 Å². The van der Waals surface area contributed by atoms with Gasteiger partial charge in [-0.15, -0.1) is 0 Å². The lowest BCUT2D eigenvalue weighted by Crippen LogP contribution is -2.09. The highest BCUT2D eigenvalue weighted by Crippen LogP contribution is 2.28. The number of alkyl halides is 3. The van der Waals surface area contributed by atoms with E-state index in [1.807, 2.05) is 36.4 Å². The summed E-state index contributed by atoms with van der Waals surface area (Å²) in [6.07, 6.45) is -4.53. The zero-order valence-electron chi connectivity index (χ0n) is 9.72. The number of pyridine rings is 1. The first-order valence-electron chi connectivity index (χ1n) is 5.19. The van der Waals surface area contributed by atoms with Gasteiger partial charge in [0.2, 0.25) is 0 Å². The van der Waals surface area contributed by atoms with Crippen LogP contribution in [0.2, 0.25) is 0 Å². The zero-order chi connectivity index (χ0) is 14.3. The van der Waals surface area contributed by atoms with Crippen LogP contribution < -0.4 is 5.73 Å². The van der Waals surface area contributed by atoms with Crippen LogP contribution in [0.25, 0.3) is 0 Å². The summed E-state index contributed by atoms with van der Waals surface area (Å²) in [5.41, 5.74) is 3.94. The maximum absolute atomic E-state index is 12.0. The van der Waals surface area contributed by atoms with Gasteiger partial charge in [0, 0.05) is 0 Å². The highest BCUT2D eigenvalue weighted by atomic mass is 19.4. The van der Waals surface area contributed by atoms with Crippen molar-refractivity contribution in [2.75, 3.05) is 5.73 Å². The lowest BCUT2D eigenvalue weighted by Gasteiger charge is -2.05. The summed E-state index contributed by atoms with van der Waals surface area (Å²) in [5, 5.41) is 8.36. The Morgan fingerprint density at radius 2 is 1.47 bits per heavy atom. The molecule has 0 saturated carbocycles. The topological polar surface area (TPSA) is 62.7 Å². The fraction of sp³-hybridized carbons (Fsp3) is 0.0769. The summed E-state index contributed by atoms with van der Waals surface area (Å²) >= 11 is 0. The van der Waals surface area contributed by atoms with E-state index in [0.717, 1.165) is 12.1 Å². The van der Waals surface area contributed by atoms with Crippen LogP contribution in [0.3, 0.4) is 0 Å². The molecule has 2 N–H and O–H groups in total. The third-order valence-corrected chi connectivity index (χ3v) is 2.00. The van der Waals surface area contributed by atoms with Crippen LogP contribution in [0, 0.1) is 11.3 Å². The van der Waals surface area contributed by atoms with Crippen LogP contribution in [-0.4, -0.2) is 4.98 Å². The number of rotatable bonds is 0. The third kappa shape index (κ3) is 4.68. The van der Waals surface area contributed by atoms with Crippen LogP contribution >= 0.6 is 0 Å². The van der Waals surface area contributed by atoms with Crippen molar-refractivity contribution in [2.24, 2.45) is 0 Å². The standard InChI is InChI=1S/C7H4F3N3.C6H6/c8-7(9,10)5-2-1-4(3-11)6(12)13-5;1-2-4-6-5-3-1/h1-2H,(H2,12,13);1-6H. The van der Waals surface area contributed by atoms with Gasteiger partial charge >= 0.3 is 6.18 Å². The summed E-state index contributed by atoms with van der Waals surface area (Å²) < 4.78 is 36.0. The van der Waals surface area contributed by atoms with Gasteiger partial charge in [-0.2, -0.15) is 18.4 Å². The average molecular weight is 265 g/mol. The van der Waals surface area contributed by atoms with Crippen molar-refractivity contribution in [3.05, 3.63) is 59.8 Å². The van der Waals surface area contributed by atoms with E-state index in [4.69, 9.17) is 11.0 Å². The summed E-state index contributed by atoms with van der Waals surface area (Å²) in [5.74, 6) is -0.405. The number of nitrogen functional groups attached to an aromatic ring is 1. The van der Waals surface area contributed by atoms with E-state index in [9.17, 15) is 13.2 Å². The van der Waals surface area contributed by atoms with Crippen LogP contribution in [0.4, 0.5) is 19.0 Å². The highest BCUT2D eigenvalue weighted by Gasteiger charge is 2.32.